The third kappa shape index (κ3) is 3.94. The second-order valence-electron chi connectivity index (χ2n) is 6.28. The molecule has 1 saturated carbocycles. The van der Waals surface area contributed by atoms with Crippen molar-refractivity contribution in [1.82, 2.24) is 10.3 Å². The monoisotopic (exact) mass is 330 g/mol. The Kier molecular flexibility index (Phi) is 4.85. The molecule has 0 unspecified atom stereocenters. The Labute approximate surface area is 140 Å². The molecule has 1 aliphatic carbocycles. The first-order valence-electron chi connectivity index (χ1n) is 8.11. The molecule has 1 amide bonds. The summed E-state index contributed by atoms with van der Waals surface area (Å²) in [6.45, 7) is 0.684. The molecule has 2 aromatic rings. The zero-order valence-corrected chi connectivity index (χ0v) is 13.7. The average Bonchev–Trinajstić information content (AvgIpc) is 3.26. The van der Waals surface area contributed by atoms with Crippen LogP contribution in [0.2, 0.25) is 0 Å². The van der Waals surface area contributed by atoms with Crippen LogP contribution in [0.25, 0.3) is 11.3 Å². The van der Waals surface area contributed by atoms with Crippen LogP contribution in [0.1, 0.15) is 25.2 Å². The molecule has 0 atom stereocenters. The molecular weight excluding hydrogens is 308 g/mol. The van der Waals surface area contributed by atoms with Crippen LogP contribution in [0.4, 0.5) is 0 Å². The van der Waals surface area contributed by atoms with Gasteiger partial charge in [0.25, 0.3) is 0 Å². The Hall–Kier alpha value is -2.34. The Balaban J connectivity index is 1.49. The number of benzene rings is 1. The van der Waals surface area contributed by atoms with Crippen LogP contribution >= 0.6 is 0 Å². The van der Waals surface area contributed by atoms with Crippen molar-refractivity contribution in [2.24, 2.45) is 5.41 Å². The molecule has 6 nitrogen and oxygen atoms in total. The molecule has 0 radical (unpaired) electrons. The largest absolute Gasteiger partial charge is 0.497 e. The third-order valence-corrected chi connectivity index (χ3v) is 4.45. The molecule has 2 N–H and O–H groups in total. The lowest BCUT2D eigenvalue weighted by molar-refractivity contribution is -0.121. The van der Waals surface area contributed by atoms with Gasteiger partial charge in [0, 0.05) is 30.4 Å². The van der Waals surface area contributed by atoms with Crippen molar-refractivity contribution in [3.05, 3.63) is 36.4 Å². The van der Waals surface area contributed by atoms with Crippen molar-refractivity contribution in [2.45, 2.75) is 25.7 Å². The zero-order chi connectivity index (χ0) is 17.0. The number of hydrogen-bond donors (Lipinski definition) is 2. The van der Waals surface area contributed by atoms with Crippen LogP contribution in [-0.4, -0.2) is 36.3 Å². The highest BCUT2D eigenvalue weighted by molar-refractivity contribution is 5.76. The second kappa shape index (κ2) is 7.05. The summed E-state index contributed by atoms with van der Waals surface area (Å²) in [6, 6.07) is 7.53. The van der Waals surface area contributed by atoms with Crippen molar-refractivity contribution < 1.29 is 19.1 Å². The summed E-state index contributed by atoms with van der Waals surface area (Å²) < 4.78 is 10.8. The predicted octanol–water partition coefficient (Wildman–Crippen LogP) is 2.17. The maximum atomic E-state index is 11.9. The molecule has 3 rings (SSSR count). The van der Waals surface area contributed by atoms with Gasteiger partial charge in [-0.1, -0.05) is 0 Å². The fourth-order valence-electron chi connectivity index (χ4n) is 2.48. The van der Waals surface area contributed by atoms with Gasteiger partial charge < -0.3 is 19.6 Å². The number of nitrogens with zero attached hydrogens (tertiary/aromatic N) is 1. The number of ether oxygens (including phenoxy) is 1. The molecule has 6 heteroatoms. The lowest BCUT2D eigenvalue weighted by Crippen LogP contribution is -2.31. The molecule has 1 heterocycles. The molecule has 1 fully saturated rings. The third-order valence-electron chi connectivity index (χ3n) is 4.45. The van der Waals surface area contributed by atoms with E-state index in [-0.39, 0.29) is 17.9 Å². The van der Waals surface area contributed by atoms with Crippen LogP contribution in [0, 0.1) is 5.41 Å². The first-order valence-corrected chi connectivity index (χ1v) is 8.11. The molecule has 0 bridgehead atoms. The molecule has 24 heavy (non-hydrogen) atoms. The van der Waals surface area contributed by atoms with E-state index in [2.05, 4.69) is 10.3 Å². The van der Waals surface area contributed by atoms with Crippen LogP contribution in [0.3, 0.4) is 0 Å². The Morgan fingerprint density at radius 1 is 1.38 bits per heavy atom. The summed E-state index contributed by atoms with van der Waals surface area (Å²) in [5.41, 5.74) is 0.845. The fourth-order valence-corrected chi connectivity index (χ4v) is 2.48. The van der Waals surface area contributed by atoms with Gasteiger partial charge in [0.15, 0.2) is 11.7 Å². The van der Waals surface area contributed by atoms with Gasteiger partial charge in [0.05, 0.1) is 19.9 Å². The summed E-state index contributed by atoms with van der Waals surface area (Å²) in [7, 11) is 1.62. The number of oxazole rings is 1. The topological polar surface area (TPSA) is 84.6 Å². The number of aliphatic hydroxyl groups excluding tert-OH is 1. The Bertz CT molecular complexity index is 689. The second-order valence-corrected chi connectivity index (χ2v) is 6.28. The van der Waals surface area contributed by atoms with Gasteiger partial charge in [0.1, 0.15) is 5.75 Å². The fraction of sp³-hybridized carbons (Fsp3) is 0.444. The van der Waals surface area contributed by atoms with E-state index in [0.29, 0.717) is 31.0 Å². The van der Waals surface area contributed by atoms with Crippen molar-refractivity contribution in [2.75, 3.05) is 20.3 Å². The van der Waals surface area contributed by atoms with E-state index in [1.165, 1.54) is 0 Å². The van der Waals surface area contributed by atoms with Crippen LogP contribution in [0.5, 0.6) is 5.75 Å². The Morgan fingerprint density at radius 2 is 2.12 bits per heavy atom. The smallest absolute Gasteiger partial charge is 0.220 e. The van der Waals surface area contributed by atoms with E-state index in [0.717, 1.165) is 24.2 Å². The number of methoxy groups -OCH3 is 1. The minimum absolute atomic E-state index is 0.0427. The maximum Gasteiger partial charge on any atom is 0.220 e. The molecule has 128 valence electrons. The average molecular weight is 330 g/mol. The number of aromatic nitrogens is 1. The van der Waals surface area contributed by atoms with Gasteiger partial charge in [-0.25, -0.2) is 4.98 Å². The van der Waals surface area contributed by atoms with Gasteiger partial charge in [-0.2, -0.15) is 0 Å². The van der Waals surface area contributed by atoms with E-state index in [4.69, 9.17) is 9.15 Å². The highest BCUT2D eigenvalue weighted by atomic mass is 16.5. The molecule has 1 aliphatic rings. The normalized spacial score (nSPS) is 15.1. The molecular formula is C18H22N2O4. The van der Waals surface area contributed by atoms with Gasteiger partial charge >= 0.3 is 0 Å². The van der Waals surface area contributed by atoms with Gasteiger partial charge in [-0.05, 0) is 37.1 Å². The quantitative estimate of drug-likeness (QED) is 0.775. The van der Waals surface area contributed by atoms with Crippen molar-refractivity contribution in [3.8, 4) is 17.1 Å². The number of rotatable bonds is 8. The minimum atomic E-state index is -0.0693. The van der Waals surface area contributed by atoms with Gasteiger partial charge in [0.2, 0.25) is 5.91 Å². The standard InChI is InChI=1S/C18H22N2O4/c1-23-14-4-2-13(3-5-14)15-10-19-17(24-15)7-6-16(22)20-11-18(12-21)8-9-18/h2-5,10,21H,6-9,11-12H2,1H3,(H,20,22). The lowest BCUT2D eigenvalue weighted by atomic mass is 10.1. The van der Waals surface area contributed by atoms with Crippen molar-refractivity contribution >= 4 is 5.91 Å². The summed E-state index contributed by atoms with van der Waals surface area (Å²) in [6.07, 6.45) is 4.40. The summed E-state index contributed by atoms with van der Waals surface area (Å²) in [4.78, 5) is 16.1. The highest BCUT2D eigenvalue weighted by Gasteiger charge is 2.41. The van der Waals surface area contributed by atoms with E-state index in [9.17, 15) is 9.90 Å². The summed E-state index contributed by atoms with van der Waals surface area (Å²) >= 11 is 0. The predicted molar refractivity (Wildman–Crippen MR) is 88.6 cm³/mol. The number of carbonyl (C=O) groups is 1. The van der Waals surface area contributed by atoms with Crippen LogP contribution < -0.4 is 10.1 Å². The maximum absolute atomic E-state index is 11.9. The molecule has 0 aliphatic heterocycles. The lowest BCUT2D eigenvalue weighted by Gasteiger charge is -2.12. The highest BCUT2D eigenvalue weighted by Crippen LogP contribution is 2.44. The molecule has 0 spiro atoms. The minimum Gasteiger partial charge on any atom is -0.497 e. The van der Waals surface area contributed by atoms with Crippen LogP contribution in [0.15, 0.2) is 34.9 Å². The van der Waals surface area contributed by atoms with Gasteiger partial charge in [-0.3, -0.25) is 4.79 Å². The molecule has 1 aromatic heterocycles. The van der Waals surface area contributed by atoms with E-state index in [1.54, 1.807) is 13.3 Å². The summed E-state index contributed by atoms with van der Waals surface area (Å²) in [5, 5.41) is 12.1. The van der Waals surface area contributed by atoms with Crippen molar-refractivity contribution in [3.63, 3.8) is 0 Å². The first-order chi connectivity index (χ1) is 11.6. The number of aliphatic hydroxyl groups is 1. The number of aryl methyl sites for hydroxylation is 1. The van der Waals surface area contributed by atoms with E-state index in [1.807, 2.05) is 24.3 Å². The zero-order valence-electron chi connectivity index (χ0n) is 13.7. The number of hydrogen-bond acceptors (Lipinski definition) is 5. The number of amides is 1. The van der Waals surface area contributed by atoms with Crippen LogP contribution in [-0.2, 0) is 11.2 Å². The summed E-state index contributed by atoms with van der Waals surface area (Å²) in [5.74, 6) is 1.95. The Morgan fingerprint density at radius 3 is 2.75 bits per heavy atom. The van der Waals surface area contributed by atoms with E-state index >= 15 is 0 Å². The molecule has 0 saturated heterocycles. The first kappa shape index (κ1) is 16.5. The van der Waals surface area contributed by atoms with Crippen molar-refractivity contribution in [1.29, 1.82) is 0 Å². The van der Waals surface area contributed by atoms with E-state index < -0.39 is 0 Å². The number of nitrogens with one attached hydrogen (secondary N) is 1. The SMILES string of the molecule is COc1ccc(-c2cnc(CCC(=O)NCC3(CO)CC3)o2)cc1. The number of carbonyl (C=O) groups excluding carboxylic acids is 1. The molecule has 1 aromatic carbocycles. The van der Waals surface area contributed by atoms with Gasteiger partial charge in [-0.15, -0.1) is 0 Å².